The predicted molar refractivity (Wildman–Crippen MR) is 215 cm³/mol. The Morgan fingerprint density at radius 3 is 2.10 bits per heavy atom. The third-order valence-electron chi connectivity index (χ3n) is 10.4. The highest BCUT2D eigenvalue weighted by atomic mass is 16.4. The molecule has 5 amide bonds. The number of carbonyl (C=O) groups excluding carboxylic acids is 5. The molecule has 1 fully saturated rings. The number of carboxylic acid groups (broad SMARTS) is 1. The number of aromatic hydroxyl groups is 1. The molecular formula is C40H53N11O8. The number of hydrogen-bond acceptors (Lipinski definition) is 10. The molecular weight excluding hydrogens is 763 g/mol. The van der Waals surface area contributed by atoms with E-state index in [2.05, 4.69) is 41.3 Å². The van der Waals surface area contributed by atoms with Gasteiger partial charge in [0, 0.05) is 48.3 Å². The number of phenols is 1. The fourth-order valence-electron chi connectivity index (χ4n) is 6.64. The van der Waals surface area contributed by atoms with Gasteiger partial charge in [-0.25, -0.2) is 9.78 Å². The number of benzene rings is 2. The minimum atomic E-state index is -1.34. The van der Waals surface area contributed by atoms with Gasteiger partial charge in [-0.2, -0.15) is 0 Å². The first-order valence-electron chi connectivity index (χ1n) is 19.5. The van der Waals surface area contributed by atoms with Crippen LogP contribution < -0.4 is 27.0 Å². The maximum atomic E-state index is 14.4. The fraction of sp³-hybridized carbons (Fsp3) is 0.475. The first kappa shape index (κ1) is 45.2. The molecule has 1 aliphatic heterocycles. The summed E-state index contributed by atoms with van der Waals surface area (Å²) < 4.78 is 0. The van der Waals surface area contributed by atoms with Crippen molar-refractivity contribution in [2.45, 2.75) is 102 Å². The number of aromatic nitrogens is 2. The predicted octanol–water partition coefficient (Wildman–Crippen LogP) is 2.13. The number of carboxylic acids is 1. The van der Waals surface area contributed by atoms with Crippen molar-refractivity contribution in [3.05, 3.63) is 88.3 Å². The number of carbonyl (C=O) groups is 6. The summed E-state index contributed by atoms with van der Waals surface area (Å²) in [5.41, 5.74) is 16.8. The smallest absolute Gasteiger partial charge is 0.326 e. The number of nitrogens with two attached hydrogens (primary N) is 1. The number of nitrogens with zero attached hydrogens (tertiary/aromatic N) is 5. The van der Waals surface area contributed by atoms with E-state index in [0.717, 1.165) is 0 Å². The standard InChI is InChI=1S/C40H53N11O8/c1-5-23(4)34(48-35(53)29(45-37(55)33(41)22(2)3)17-25-10-14-28(52)15-11-25)38(56)46-30(19-27-20-43-21-44-27)39(57)51-16-6-7-32(51)36(54)47-31(40(58)59)18-24-8-12-26(13-9-24)49-50-42/h8-15,20-23,29-34,52H,5-7,16-19,41H2,1-4H3,(H,43,44)(H,45,55)(H,46,56)(H,47,54)(H,48,53)(H,58,59)/t23-,29-,30-,31-,32-,33-,34-/m0/s1. The zero-order valence-corrected chi connectivity index (χ0v) is 33.5. The molecule has 2 heterocycles. The van der Waals surface area contributed by atoms with Gasteiger partial charge in [0.2, 0.25) is 29.5 Å². The maximum absolute atomic E-state index is 14.4. The van der Waals surface area contributed by atoms with Crippen molar-refractivity contribution in [2.75, 3.05) is 6.54 Å². The first-order chi connectivity index (χ1) is 28.1. The molecule has 19 heteroatoms. The van der Waals surface area contributed by atoms with Gasteiger partial charge in [0.25, 0.3) is 0 Å². The van der Waals surface area contributed by atoms with E-state index in [1.54, 1.807) is 45.0 Å². The molecule has 4 rings (SSSR count). The van der Waals surface area contributed by atoms with Crippen molar-refractivity contribution in [3.63, 3.8) is 0 Å². The van der Waals surface area contributed by atoms with E-state index < -0.39 is 77.7 Å². The van der Waals surface area contributed by atoms with E-state index in [4.69, 9.17) is 11.3 Å². The Kier molecular flexibility index (Phi) is 16.4. The van der Waals surface area contributed by atoms with E-state index in [-0.39, 0.29) is 43.9 Å². The van der Waals surface area contributed by atoms with Crippen LogP contribution in [0.4, 0.5) is 5.69 Å². The molecule has 0 saturated carbocycles. The number of aliphatic carboxylic acids is 1. The second kappa shape index (κ2) is 21.3. The third kappa shape index (κ3) is 12.8. The second-order valence-electron chi connectivity index (χ2n) is 15.1. The fourth-order valence-corrected chi connectivity index (χ4v) is 6.64. The van der Waals surface area contributed by atoms with E-state index in [1.165, 1.54) is 41.7 Å². The van der Waals surface area contributed by atoms with Gasteiger partial charge in [0.15, 0.2) is 0 Å². The number of azide groups is 1. The SMILES string of the molecule is CC[C@H](C)[C@H](NC(=O)[C@H](Cc1ccc(O)cc1)NC(=O)[C@@H](N)C(C)C)C(=O)N[C@@H](Cc1cnc[nH]1)C(=O)N1CCC[C@H]1C(=O)N[C@@H](Cc1ccc(N=[N+]=[N-])cc1)C(=O)O. The lowest BCUT2D eigenvalue weighted by Crippen LogP contribution is -2.61. The van der Waals surface area contributed by atoms with Crippen LogP contribution in [-0.2, 0) is 48.0 Å². The highest BCUT2D eigenvalue weighted by Crippen LogP contribution is 2.22. The number of likely N-dealkylation sites (tertiary alicyclic amines) is 1. The van der Waals surface area contributed by atoms with Crippen molar-refractivity contribution in [2.24, 2.45) is 22.7 Å². The van der Waals surface area contributed by atoms with Crippen LogP contribution in [0, 0.1) is 11.8 Å². The summed E-state index contributed by atoms with van der Waals surface area (Å²) in [6.45, 7) is 7.28. The summed E-state index contributed by atoms with van der Waals surface area (Å²) in [6.07, 6.45) is 3.92. The Morgan fingerprint density at radius 2 is 1.53 bits per heavy atom. The number of amides is 5. The van der Waals surface area contributed by atoms with Crippen molar-refractivity contribution in [3.8, 4) is 5.75 Å². The summed E-state index contributed by atoms with van der Waals surface area (Å²) in [4.78, 5) is 92.5. The summed E-state index contributed by atoms with van der Waals surface area (Å²) in [5.74, 6) is -5.14. The normalized spacial score (nSPS) is 16.7. The molecule has 0 bridgehead atoms. The van der Waals surface area contributed by atoms with Crippen molar-refractivity contribution in [1.82, 2.24) is 36.1 Å². The van der Waals surface area contributed by atoms with Gasteiger partial charge < -0.3 is 47.1 Å². The van der Waals surface area contributed by atoms with Gasteiger partial charge in [0.05, 0.1) is 12.4 Å². The van der Waals surface area contributed by atoms with Gasteiger partial charge in [-0.05, 0) is 53.5 Å². The third-order valence-corrected chi connectivity index (χ3v) is 10.4. The second-order valence-corrected chi connectivity index (χ2v) is 15.1. The van der Waals surface area contributed by atoms with Crippen molar-refractivity contribution < 1.29 is 39.0 Å². The quantitative estimate of drug-likeness (QED) is 0.0467. The summed E-state index contributed by atoms with van der Waals surface area (Å²) in [6, 6.07) is 5.49. The van der Waals surface area contributed by atoms with E-state index in [0.29, 0.717) is 35.3 Å². The monoisotopic (exact) mass is 815 g/mol. The first-order valence-corrected chi connectivity index (χ1v) is 19.5. The number of hydrogen-bond donors (Lipinski definition) is 8. The molecule has 59 heavy (non-hydrogen) atoms. The molecule has 0 aliphatic carbocycles. The molecule has 2 aromatic carbocycles. The Labute approximate surface area is 341 Å². The van der Waals surface area contributed by atoms with Crippen molar-refractivity contribution >= 4 is 41.2 Å². The van der Waals surface area contributed by atoms with E-state index in [9.17, 15) is 39.0 Å². The van der Waals surface area contributed by atoms with Crippen LogP contribution in [0.1, 0.15) is 63.8 Å². The lowest BCUT2D eigenvalue weighted by Gasteiger charge is -2.31. The van der Waals surface area contributed by atoms with Gasteiger partial charge in [-0.3, -0.25) is 24.0 Å². The Bertz CT molecular complexity index is 1970. The number of imidazole rings is 1. The lowest BCUT2D eigenvalue weighted by atomic mass is 9.96. The zero-order valence-electron chi connectivity index (χ0n) is 33.5. The van der Waals surface area contributed by atoms with Crippen LogP contribution in [-0.4, -0.2) is 103 Å². The Balaban J connectivity index is 1.54. The number of H-pyrrole nitrogens is 1. The molecule has 0 spiro atoms. The molecule has 9 N–H and O–H groups in total. The van der Waals surface area contributed by atoms with Crippen LogP contribution in [0.15, 0.2) is 66.2 Å². The molecule has 316 valence electrons. The van der Waals surface area contributed by atoms with Crippen LogP contribution in [0.25, 0.3) is 10.4 Å². The summed E-state index contributed by atoms with van der Waals surface area (Å²) in [7, 11) is 0. The topological polar surface area (TPSA) is 298 Å². The average molecular weight is 816 g/mol. The molecule has 0 unspecified atom stereocenters. The molecule has 7 atom stereocenters. The summed E-state index contributed by atoms with van der Waals surface area (Å²) in [5, 5.41) is 34.1. The Morgan fingerprint density at radius 1 is 0.898 bits per heavy atom. The van der Waals surface area contributed by atoms with E-state index >= 15 is 0 Å². The van der Waals surface area contributed by atoms with Gasteiger partial charge in [-0.15, -0.1) is 0 Å². The minimum Gasteiger partial charge on any atom is -0.508 e. The number of aromatic amines is 1. The molecule has 1 aromatic heterocycles. The minimum absolute atomic E-state index is 0.0172. The highest BCUT2D eigenvalue weighted by molar-refractivity contribution is 5.97. The van der Waals surface area contributed by atoms with Gasteiger partial charge in [0.1, 0.15) is 36.0 Å². The molecule has 1 saturated heterocycles. The van der Waals surface area contributed by atoms with Gasteiger partial charge in [-0.1, -0.05) is 75.6 Å². The van der Waals surface area contributed by atoms with Crippen LogP contribution in [0.2, 0.25) is 0 Å². The Hall–Kier alpha value is -6.46. The van der Waals surface area contributed by atoms with Crippen LogP contribution in [0.3, 0.4) is 0 Å². The molecule has 19 nitrogen and oxygen atoms in total. The average Bonchev–Trinajstić information content (AvgIpc) is 3.93. The maximum Gasteiger partial charge on any atom is 0.326 e. The zero-order chi connectivity index (χ0) is 43.2. The summed E-state index contributed by atoms with van der Waals surface area (Å²) >= 11 is 0. The van der Waals surface area contributed by atoms with Crippen LogP contribution in [0.5, 0.6) is 5.75 Å². The lowest BCUT2D eigenvalue weighted by molar-refractivity contribution is -0.145. The van der Waals surface area contributed by atoms with Crippen LogP contribution >= 0.6 is 0 Å². The molecule has 3 aromatic rings. The van der Waals surface area contributed by atoms with Gasteiger partial charge >= 0.3 is 5.97 Å². The molecule has 0 radical (unpaired) electrons. The largest absolute Gasteiger partial charge is 0.508 e. The van der Waals surface area contributed by atoms with E-state index in [1.807, 2.05) is 6.92 Å². The number of phenolic OH excluding ortho intramolecular Hbond substituents is 1. The molecule has 1 aliphatic rings. The number of rotatable bonds is 20. The number of nitrogens with one attached hydrogen (secondary N) is 5. The van der Waals surface area contributed by atoms with Crippen molar-refractivity contribution in [1.29, 1.82) is 0 Å². The highest BCUT2D eigenvalue weighted by Gasteiger charge is 2.40.